The van der Waals surface area contributed by atoms with Gasteiger partial charge in [0.05, 0.1) is 24.4 Å². The van der Waals surface area contributed by atoms with Crippen LogP contribution in [0.2, 0.25) is 0 Å². The Hall–Kier alpha value is -0.320. The fraction of sp³-hybridized carbons (Fsp3) is 1.00. The molecule has 0 aromatic heterocycles. The third-order valence-corrected chi connectivity index (χ3v) is 7.50. The van der Waals surface area contributed by atoms with Gasteiger partial charge in [0.25, 0.3) is 0 Å². The summed E-state index contributed by atoms with van der Waals surface area (Å²) in [5, 5.41) is 50.7. The number of unbranched alkanes of at least 4 members (excludes halogenated alkanes) is 5. The zero-order valence-corrected chi connectivity index (χ0v) is 21.3. The standard InChI is InChI=1S/C26H52N2O6/c1-2-3-6-9-25(27)34-26-23(32)14-20(15-24(26)33)18-28(10-7-4-5-8-11-29)17-19-12-21(30)16-22(31)13-19/h19-26,29-33H,2-18,27H2,1H3. The molecule has 5 atom stereocenters. The van der Waals surface area contributed by atoms with Crippen LogP contribution in [0.5, 0.6) is 0 Å². The van der Waals surface area contributed by atoms with Gasteiger partial charge in [0.1, 0.15) is 12.3 Å². The van der Waals surface area contributed by atoms with Crippen molar-refractivity contribution in [2.75, 3.05) is 26.2 Å². The van der Waals surface area contributed by atoms with Crippen molar-refractivity contribution >= 4 is 0 Å². The SMILES string of the molecule is CCCCCC(N)OC1C(O)CC(CN(CCCCCCO)CC2CC(O)CC(O)C2)CC1O. The predicted molar refractivity (Wildman–Crippen MR) is 133 cm³/mol. The highest BCUT2D eigenvalue weighted by Crippen LogP contribution is 2.31. The Bertz CT molecular complexity index is 506. The van der Waals surface area contributed by atoms with Crippen molar-refractivity contribution in [3.05, 3.63) is 0 Å². The molecule has 2 saturated carbocycles. The lowest BCUT2D eigenvalue weighted by Gasteiger charge is -2.41. The minimum Gasteiger partial charge on any atom is -0.396 e. The molecule has 8 nitrogen and oxygen atoms in total. The van der Waals surface area contributed by atoms with E-state index in [4.69, 9.17) is 15.6 Å². The number of hydrogen-bond donors (Lipinski definition) is 6. The summed E-state index contributed by atoms with van der Waals surface area (Å²) in [5.74, 6) is 0.392. The largest absolute Gasteiger partial charge is 0.396 e. The van der Waals surface area contributed by atoms with E-state index in [1.165, 1.54) is 0 Å². The average Bonchev–Trinajstić information content (AvgIpc) is 2.75. The molecule has 0 heterocycles. The smallest absolute Gasteiger partial charge is 0.111 e. The maximum atomic E-state index is 10.8. The van der Waals surface area contributed by atoms with Gasteiger partial charge >= 0.3 is 0 Å². The first-order chi connectivity index (χ1) is 16.3. The first-order valence-electron chi connectivity index (χ1n) is 13.8. The molecule has 0 bridgehead atoms. The van der Waals surface area contributed by atoms with Crippen LogP contribution in [0.15, 0.2) is 0 Å². The van der Waals surface area contributed by atoms with Gasteiger partial charge in [-0.05, 0) is 76.2 Å². The summed E-state index contributed by atoms with van der Waals surface area (Å²) < 4.78 is 5.85. The van der Waals surface area contributed by atoms with E-state index in [1.54, 1.807) is 0 Å². The Morgan fingerprint density at radius 3 is 1.97 bits per heavy atom. The lowest BCUT2D eigenvalue weighted by Crippen LogP contribution is -2.51. The molecule has 2 rings (SSSR count). The summed E-state index contributed by atoms with van der Waals surface area (Å²) in [4.78, 5) is 2.39. The number of rotatable bonds is 16. The van der Waals surface area contributed by atoms with Gasteiger partial charge in [-0.3, -0.25) is 0 Å². The third-order valence-electron chi connectivity index (χ3n) is 7.50. The molecule has 0 aromatic carbocycles. The van der Waals surface area contributed by atoms with E-state index in [-0.39, 0.29) is 18.4 Å². The lowest BCUT2D eigenvalue weighted by molar-refractivity contribution is -0.157. The molecule has 0 amide bonds. The van der Waals surface area contributed by atoms with Crippen LogP contribution in [-0.2, 0) is 4.74 Å². The Morgan fingerprint density at radius 1 is 0.794 bits per heavy atom. The second-order valence-electron chi connectivity index (χ2n) is 10.9. The number of nitrogens with zero attached hydrogens (tertiary/aromatic N) is 1. The molecule has 2 aliphatic rings. The molecule has 0 aliphatic heterocycles. The van der Waals surface area contributed by atoms with Crippen molar-refractivity contribution in [3.63, 3.8) is 0 Å². The van der Waals surface area contributed by atoms with Crippen molar-refractivity contribution in [2.24, 2.45) is 17.6 Å². The van der Waals surface area contributed by atoms with E-state index in [0.717, 1.165) is 71.0 Å². The molecule has 7 N–H and O–H groups in total. The normalized spacial score (nSPS) is 33.4. The van der Waals surface area contributed by atoms with Crippen LogP contribution in [0.3, 0.4) is 0 Å². The highest BCUT2D eigenvalue weighted by molar-refractivity contribution is 4.89. The van der Waals surface area contributed by atoms with Crippen LogP contribution in [0.4, 0.5) is 0 Å². The lowest BCUT2D eigenvalue weighted by atomic mass is 9.82. The highest BCUT2D eigenvalue weighted by Gasteiger charge is 2.38. The molecular weight excluding hydrogens is 436 g/mol. The predicted octanol–water partition coefficient (Wildman–Crippen LogP) is 1.75. The van der Waals surface area contributed by atoms with Gasteiger partial charge in [0.2, 0.25) is 0 Å². The van der Waals surface area contributed by atoms with E-state index >= 15 is 0 Å². The van der Waals surface area contributed by atoms with Crippen LogP contribution in [0.1, 0.15) is 90.4 Å². The van der Waals surface area contributed by atoms with E-state index in [2.05, 4.69) is 11.8 Å². The summed E-state index contributed by atoms with van der Waals surface area (Å²) in [6, 6.07) is 0. The van der Waals surface area contributed by atoms with Crippen LogP contribution >= 0.6 is 0 Å². The number of ether oxygens (including phenoxy) is 1. The van der Waals surface area contributed by atoms with Gasteiger partial charge in [0.15, 0.2) is 0 Å². The number of aliphatic hydroxyl groups excluding tert-OH is 5. The zero-order chi connectivity index (χ0) is 24.9. The quantitative estimate of drug-likeness (QED) is 0.143. The summed E-state index contributed by atoms with van der Waals surface area (Å²) in [6.45, 7) is 4.84. The van der Waals surface area contributed by atoms with Crippen LogP contribution in [0, 0.1) is 11.8 Å². The van der Waals surface area contributed by atoms with Crippen molar-refractivity contribution in [1.29, 1.82) is 0 Å². The summed E-state index contributed by atoms with van der Waals surface area (Å²) >= 11 is 0. The molecule has 34 heavy (non-hydrogen) atoms. The van der Waals surface area contributed by atoms with E-state index in [9.17, 15) is 20.4 Å². The minimum absolute atomic E-state index is 0.150. The van der Waals surface area contributed by atoms with Crippen LogP contribution in [-0.4, -0.2) is 93.4 Å². The Balaban J connectivity index is 1.88. The number of nitrogens with two attached hydrogens (primary N) is 1. The maximum absolute atomic E-state index is 10.8. The molecule has 0 radical (unpaired) electrons. The molecular formula is C26H52N2O6. The molecule has 202 valence electrons. The molecule has 0 aromatic rings. The van der Waals surface area contributed by atoms with E-state index in [0.29, 0.717) is 32.1 Å². The molecule has 0 spiro atoms. The zero-order valence-electron chi connectivity index (χ0n) is 21.3. The number of hydrogen-bond acceptors (Lipinski definition) is 8. The molecule has 5 unspecified atom stereocenters. The van der Waals surface area contributed by atoms with Crippen molar-refractivity contribution in [3.8, 4) is 0 Å². The molecule has 8 heteroatoms. The Labute approximate surface area is 206 Å². The van der Waals surface area contributed by atoms with Crippen LogP contribution < -0.4 is 5.73 Å². The second kappa shape index (κ2) is 16.4. The number of aliphatic hydroxyl groups is 5. The average molecular weight is 489 g/mol. The second-order valence-corrected chi connectivity index (χ2v) is 10.9. The van der Waals surface area contributed by atoms with Crippen molar-refractivity contribution < 1.29 is 30.3 Å². The van der Waals surface area contributed by atoms with Gasteiger partial charge in [-0.2, -0.15) is 0 Å². The fourth-order valence-corrected chi connectivity index (χ4v) is 5.81. The molecule has 2 aliphatic carbocycles. The Kier molecular flexibility index (Phi) is 14.5. The van der Waals surface area contributed by atoms with E-state index in [1.807, 2.05) is 0 Å². The van der Waals surface area contributed by atoms with E-state index < -0.39 is 36.7 Å². The first kappa shape index (κ1) is 29.9. The first-order valence-corrected chi connectivity index (χ1v) is 13.8. The Morgan fingerprint density at radius 2 is 1.38 bits per heavy atom. The van der Waals surface area contributed by atoms with Gasteiger partial charge in [-0.15, -0.1) is 0 Å². The third kappa shape index (κ3) is 11.2. The summed E-state index contributed by atoms with van der Waals surface area (Å²) in [7, 11) is 0. The van der Waals surface area contributed by atoms with Gasteiger partial charge in [-0.1, -0.05) is 32.6 Å². The maximum Gasteiger partial charge on any atom is 0.111 e. The van der Waals surface area contributed by atoms with Crippen LogP contribution in [0.25, 0.3) is 0 Å². The molecule has 2 fully saturated rings. The minimum atomic E-state index is -0.740. The fourth-order valence-electron chi connectivity index (χ4n) is 5.81. The van der Waals surface area contributed by atoms with Gasteiger partial charge in [-0.25, -0.2) is 0 Å². The monoisotopic (exact) mass is 488 g/mol. The summed E-state index contributed by atoms with van der Waals surface area (Å²) in [6.07, 6.45) is 7.37. The van der Waals surface area contributed by atoms with Gasteiger partial charge in [0, 0.05) is 19.7 Å². The highest BCUT2D eigenvalue weighted by atomic mass is 16.5. The van der Waals surface area contributed by atoms with Crippen molar-refractivity contribution in [2.45, 2.75) is 127 Å². The topological polar surface area (TPSA) is 140 Å². The molecule has 0 saturated heterocycles. The summed E-state index contributed by atoms with van der Waals surface area (Å²) in [5.41, 5.74) is 6.09. The van der Waals surface area contributed by atoms with Gasteiger partial charge < -0.3 is 40.9 Å². The van der Waals surface area contributed by atoms with Crippen molar-refractivity contribution in [1.82, 2.24) is 4.90 Å².